The molecule has 6 heteroatoms. The number of carboxylic acids is 1. The predicted octanol–water partition coefficient (Wildman–Crippen LogP) is 0.497. The van der Waals surface area contributed by atoms with Gasteiger partial charge in [-0.1, -0.05) is 37.3 Å². The van der Waals surface area contributed by atoms with Crippen molar-refractivity contribution in [2.24, 2.45) is 0 Å². The highest BCUT2D eigenvalue weighted by atomic mass is 16.4. The van der Waals surface area contributed by atoms with E-state index >= 15 is 0 Å². The molecule has 108 valence electrons. The summed E-state index contributed by atoms with van der Waals surface area (Å²) < 4.78 is 0. The Morgan fingerprint density at radius 1 is 1.10 bits per heavy atom. The zero-order valence-corrected chi connectivity index (χ0v) is 11.3. The molecule has 2 amide bonds. The highest BCUT2D eigenvalue weighted by Gasteiger charge is 2.18. The number of hydrogen-bond donors (Lipinski definition) is 3. The maximum Gasteiger partial charge on any atom is 0.322 e. The van der Waals surface area contributed by atoms with Crippen molar-refractivity contribution in [2.45, 2.75) is 19.3 Å². The average molecular weight is 278 g/mol. The van der Waals surface area contributed by atoms with Crippen LogP contribution in [0.2, 0.25) is 0 Å². The van der Waals surface area contributed by atoms with Gasteiger partial charge in [0.25, 0.3) is 0 Å². The van der Waals surface area contributed by atoms with E-state index < -0.39 is 18.4 Å². The van der Waals surface area contributed by atoms with Crippen LogP contribution < -0.4 is 10.6 Å². The fourth-order valence-corrected chi connectivity index (χ4v) is 1.79. The summed E-state index contributed by atoms with van der Waals surface area (Å²) in [4.78, 5) is 33.6. The van der Waals surface area contributed by atoms with E-state index in [-0.39, 0.29) is 18.4 Å². The van der Waals surface area contributed by atoms with Crippen molar-refractivity contribution in [3.63, 3.8) is 0 Å². The molecule has 20 heavy (non-hydrogen) atoms. The van der Waals surface area contributed by atoms with E-state index in [4.69, 9.17) is 5.11 Å². The Labute approximate surface area is 117 Å². The van der Waals surface area contributed by atoms with Crippen LogP contribution in [0.4, 0.5) is 0 Å². The van der Waals surface area contributed by atoms with Gasteiger partial charge in [-0.15, -0.1) is 0 Å². The van der Waals surface area contributed by atoms with Crippen LogP contribution in [0.5, 0.6) is 0 Å². The second-order valence-corrected chi connectivity index (χ2v) is 4.26. The minimum Gasteiger partial charge on any atom is -0.480 e. The summed E-state index contributed by atoms with van der Waals surface area (Å²) in [6, 6.07) is 9.29. The number of hydrogen-bond acceptors (Lipinski definition) is 3. The molecular formula is C14H18N2O4. The van der Waals surface area contributed by atoms with E-state index in [2.05, 4.69) is 10.6 Å². The highest BCUT2D eigenvalue weighted by molar-refractivity contribution is 5.89. The lowest BCUT2D eigenvalue weighted by Gasteiger charge is -2.15. The lowest BCUT2D eigenvalue weighted by atomic mass is 9.96. The number of amides is 2. The molecule has 1 unspecified atom stereocenters. The zero-order valence-electron chi connectivity index (χ0n) is 11.3. The first-order valence-electron chi connectivity index (χ1n) is 6.35. The molecule has 0 saturated carbocycles. The molecule has 6 nitrogen and oxygen atoms in total. The minimum absolute atomic E-state index is 0.227. The van der Waals surface area contributed by atoms with Crippen LogP contribution in [0, 0.1) is 0 Å². The Kier molecular flexibility index (Phi) is 6.22. The number of carbonyl (C=O) groups is 3. The van der Waals surface area contributed by atoms with Gasteiger partial charge in [-0.05, 0) is 12.0 Å². The second-order valence-electron chi connectivity index (χ2n) is 4.26. The molecule has 0 aliphatic carbocycles. The summed E-state index contributed by atoms with van der Waals surface area (Å²) in [5, 5.41) is 13.1. The maximum absolute atomic E-state index is 12.0. The molecule has 0 heterocycles. The quantitative estimate of drug-likeness (QED) is 0.676. The first-order chi connectivity index (χ1) is 9.54. The fourth-order valence-electron chi connectivity index (χ4n) is 1.79. The van der Waals surface area contributed by atoms with E-state index in [0.29, 0.717) is 6.42 Å². The third kappa shape index (κ3) is 5.09. The van der Waals surface area contributed by atoms with E-state index in [0.717, 1.165) is 5.56 Å². The summed E-state index contributed by atoms with van der Waals surface area (Å²) in [5.74, 6) is -2.21. The van der Waals surface area contributed by atoms with Gasteiger partial charge in [0.05, 0.1) is 12.5 Å². The topological polar surface area (TPSA) is 95.5 Å². The van der Waals surface area contributed by atoms with E-state index in [1.165, 1.54) is 0 Å². The van der Waals surface area contributed by atoms with Gasteiger partial charge in [0.15, 0.2) is 0 Å². The van der Waals surface area contributed by atoms with E-state index in [1.54, 1.807) is 0 Å². The number of rotatable bonds is 7. The van der Waals surface area contributed by atoms with Crippen molar-refractivity contribution >= 4 is 17.8 Å². The van der Waals surface area contributed by atoms with Crippen LogP contribution in [0.3, 0.4) is 0 Å². The smallest absolute Gasteiger partial charge is 0.322 e. The number of nitrogens with one attached hydrogen (secondary N) is 2. The molecule has 0 aromatic heterocycles. The van der Waals surface area contributed by atoms with Gasteiger partial charge in [0.1, 0.15) is 6.54 Å². The van der Waals surface area contributed by atoms with Gasteiger partial charge in [-0.3, -0.25) is 14.4 Å². The fraction of sp³-hybridized carbons (Fsp3) is 0.357. The number of carbonyl (C=O) groups excluding carboxylic acids is 2. The third-order valence-electron chi connectivity index (χ3n) is 2.79. The molecule has 1 aromatic rings. The van der Waals surface area contributed by atoms with Gasteiger partial charge in [0, 0.05) is 0 Å². The minimum atomic E-state index is -1.12. The molecule has 1 aromatic carbocycles. The van der Waals surface area contributed by atoms with Gasteiger partial charge >= 0.3 is 5.97 Å². The number of benzene rings is 1. The molecule has 0 bridgehead atoms. The van der Waals surface area contributed by atoms with Crippen LogP contribution in [0.1, 0.15) is 24.8 Å². The van der Waals surface area contributed by atoms with Crippen molar-refractivity contribution in [2.75, 3.05) is 13.1 Å². The first kappa shape index (κ1) is 15.7. The molecule has 0 saturated heterocycles. The van der Waals surface area contributed by atoms with E-state index in [1.807, 2.05) is 37.3 Å². The maximum atomic E-state index is 12.0. The summed E-state index contributed by atoms with van der Waals surface area (Å²) in [6.07, 6.45) is 0.618. The predicted molar refractivity (Wildman–Crippen MR) is 73.1 cm³/mol. The van der Waals surface area contributed by atoms with Gasteiger partial charge in [-0.2, -0.15) is 0 Å². The Bertz CT molecular complexity index is 473. The SMILES string of the molecule is CCC(C(=O)NCC(=O)NCC(=O)O)c1ccccc1. The Hall–Kier alpha value is -2.37. The highest BCUT2D eigenvalue weighted by Crippen LogP contribution is 2.18. The van der Waals surface area contributed by atoms with Gasteiger partial charge in [-0.25, -0.2) is 0 Å². The second kappa shape index (κ2) is 7.93. The van der Waals surface area contributed by atoms with Crippen molar-refractivity contribution in [1.82, 2.24) is 10.6 Å². The normalized spacial score (nSPS) is 11.4. The van der Waals surface area contributed by atoms with Crippen molar-refractivity contribution in [3.8, 4) is 0 Å². The molecule has 1 rings (SSSR count). The molecule has 0 fully saturated rings. The van der Waals surface area contributed by atoms with Crippen LogP contribution in [0.25, 0.3) is 0 Å². The van der Waals surface area contributed by atoms with Crippen molar-refractivity contribution in [3.05, 3.63) is 35.9 Å². The van der Waals surface area contributed by atoms with Crippen LogP contribution in [0.15, 0.2) is 30.3 Å². The average Bonchev–Trinajstić information content (AvgIpc) is 2.45. The number of aliphatic carboxylic acids is 1. The molecule has 0 aliphatic heterocycles. The molecular weight excluding hydrogens is 260 g/mol. The standard InChI is InChI=1S/C14H18N2O4/c1-2-11(10-6-4-3-5-7-10)14(20)16-8-12(17)15-9-13(18)19/h3-7,11H,2,8-9H2,1H3,(H,15,17)(H,16,20)(H,18,19). The van der Waals surface area contributed by atoms with Gasteiger partial charge in [0.2, 0.25) is 11.8 Å². The van der Waals surface area contributed by atoms with Crippen LogP contribution in [-0.4, -0.2) is 36.0 Å². The van der Waals surface area contributed by atoms with Crippen LogP contribution >= 0.6 is 0 Å². The first-order valence-corrected chi connectivity index (χ1v) is 6.35. The Balaban J connectivity index is 2.48. The summed E-state index contributed by atoms with van der Waals surface area (Å²) in [7, 11) is 0. The van der Waals surface area contributed by atoms with Crippen LogP contribution in [-0.2, 0) is 14.4 Å². The molecule has 1 atom stereocenters. The molecule has 3 N–H and O–H groups in total. The lowest BCUT2D eigenvalue weighted by molar-refractivity contribution is -0.137. The van der Waals surface area contributed by atoms with Gasteiger partial charge < -0.3 is 15.7 Å². The van der Waals surface area contributed by atoms with E-state index in [9.17, 15) is 14.4 Å². The summed E-state index contributed by atoms with van der Waals surface area (Å²) >= 11 is 0. The summed E-state index contributed by atoms with van der Waals surface area (Å²) in [6.45, 7) is 1.21. The monoisotopic (exact) mass is 278 g/mol. The lowest BCUT2D eigenvalue weighted by Crippen LogP contribution is -2.40. The molecule has 0 radical (unpaired) electrons. The largest absolute Gasteiger partial charge is 0.480 e. The third-order valence-corrected chi connectivity index (χ3v) is 2.79. The van der Waals surface area contributed by atoms with Crippen molar-refractivity contribution in [1.29, 1.82) is 0 Å². The zero-order chi connectivity index (χ0) is 15.0. The molecule has 0 aliphatic rings. The van der Waals surface area contributed by atoms with Crippen molar-refractivity contribution < 1.29 is 19.5 Å². The molecule has 0 spiro atoms. The summed E-state index contributed by atoms with van der Waals surface area (Å²) in [5.41, 5.74) is 0.887. The number of carboxylic acid groups (broad SMARTS) is 1. The Morgan fingerprint density at radius 3 is 2.30 bits per heavy atom. The Morgan fingerprint density at radius 2 is 1.75 bits per heavy atom.